The van der Waals surface area contributed by atoms with Gasteiger partial charge < -0.3 is 19.7 Å². The SMILES string of the molecule is O=C(C[NH+]1CCN(c2cccc(Cl)c2)CC1)N1CCc2[nH]c3ccccc3c2C1. The molecule has 6 heteroatoms. The average molecular weight is 410 g/mol. The molecule has 0 unspecified atom stereocenters. The summed E-state index contributed by atoms with van der Waals surface area (Å²) < 4.78 is 0. The summed E-state index contributed by atoms with van der Waals surface area (Å²) in [5.74, 6) is 0.270. The number of halogens is 1. The number of quaternary nitrogens is 1. The largest absolute Gasteiger partial charge is 0.360 e. The van der Waals surface area contributed by atoms with Crippen LogP contribution in [-0.2, 0) is 17.8 Å². The average Bonchev–Trinajstić information content (AvgIpc) is 3.12. The first-order chi connectivity index (χ1) is 14.2. The minimum absolute atomic E-state index is 0.270. The van der Waals surface area contributed by atoms with E-state index >= 15 is 0 Å². The van der Waals surface area contributed by atoms with Crippen LogP contribution in [0.1, 0.15) is 11.3 Å². The predicted molar refractivity (Wildman–Crippen MR) is 117 cm³/mol. The number of rotatable bonds is 3. The molecule has 0 radical (unpaired) electrons. The lowest BCUT2D eigenvalue weighted by molar-refractivity contribution is -0.892. The van der Waals surface area contributed by atoms with Crippen LogP contribution >= 0.6 is 11.6 Å². The van der Waals surface area contributed by atoms with E-state index in [4.69, 9.17) is 11.6 Å². The maximum Gasteiger partial charge on any atom is 0.278 e. The second-order valence-electron chi connectivity index (χ2n) is 8.09. The second kappa shape index (κ2) is 7.73. The molecule has 5 nitrogen and oxygen atoms in total. The molecular formula is C23H26ClN4O+. The van der Waals surface area contributed by atoms with Crippen molar-refractivity contribution in [3.63, 3.8) is 0 Å². The van der Waals surface area contributed by atoms with Gasteiger partial charge in [0.05, 0.1) is 26.2 Å². The van der Waals surface area contributed by atoms with Gasteiger partial charge in [-0.15, -0.1) is 0 Å². The molecule has 5 rings (SSSR count). The van der Waals surface area contributed by atoms with E-state index < -0.39 is 0 Å². The van der Waals surface area contributed by atoms with Crippen molar-refractivity contribution in [1.82, 2.24) is 9.88 Å². The Hall–Kier alpha value is -2.50. The van der Waals surface area contributed by atoms with E-state index in [1.54, 1.807) is 0 Å². The molecule has 0 atom stereocenters. The van der Waals surface area contributed by atoms with Crippen molar-refractivity contribution in [2.75, 3.05) is 44.2 Å². The van der Waals surface area contributed by atoms with Gasteiger partial charge in [0.15, 0.2) is 6.54 Å². The summed E-state index contributed by atoms with van der Waals surface area (Å²) >= 11 is 6.13. The van der Waals surface area contributed by atoms with E-state index in [0.717, 1.165) is 50.7 Å². The molecule has 29 heavy (non-hydrogen) atoms. The van der Waals surface area contributed by atoms with E-state index in [1.807, 2.05) is 23.1 Å². The van der Waals surface area contributed by atoms with E-state index in [9.17, 15) is 4.79 Å². The summed E-state index contributed by atoms with van der Waals surface area (Å²) in [6, 6.07) is 16.4. The predicted octanol–water partition coefficient (Wildman–Crippen LogP) is 2.11. The fourth-order valence-electron chi connectivity index (χ4n) is 4.64. The number of anilines is 1. The van der Waals surface area contributed by atoms with Crippen molar-refractivity contribution in [2.45, 2.75) is 13.0 Å². The zero-order valence-electron chi connectivity index (χ0n) is 16.5. The Kier molecular flexibility index (Phi) is 4.94. The van der Waals surface area contributed by atoms with E-state index in [-0.39, 0.29) is 5.91 Å². The first-order valence-electron chi connectivity index (χ1n) is 10.4. The number of carbonyl (C=O) groups excluding carboxylic acids is 1. The fourth-order valence-corrected chi connectivity index (χ4v) is 4.82. The van der Waals surface area contributed by atoms with Crippen LogP contribution in [0.15, 0.2) is 48.5 Å². The van der Waals surface area contributed by atoms with E-state index in [2.05, 4.69) is 40.2 Å². The molecule has 0 spiro atoms. The molecular weight excluding hydrogens is 384 g/mol. The number of hydrogen-bond acceptors (Lipinski definition) is 2. The molecule has 0 bridgehead atoms. The standard InChI is InChI=1S/C23H25ClN4O/c24-17-4-3-5-18(14-17)27-12-10-26(11-13-27)16-23(29)28-9-8-22-20(15-28)19-6-1-2-7-21(19)25-22/h1-7,14,25H,8-13,15-16H2/p+1. The lowest BCUT2D eigenvalue weighted by atomic mass is 10.0. The highest BCUT2D eigenvalue weighted by molar-refractivity contribution is 6.30. The number of carbonyl (C=O) groups is 1. The van der Waals surface area contributed by atoms with Crippen LogP contribution in [0, 0.1) is 0 Å². The van der Waals surface area contributed by atoms with Crippen LogP contribution in [0.4, 0.5) is 5.69 Å². The summed E-state index contributed by atoms with van der Waals surface area (Å²) in [5.41, 5.74) is 4.93. The number of piperazine rings is 1. The van der Waals surface area contributed by atoms with Crippen LogP contribution in [0.2, 0.25) is 5.02 Å². The second-order valence-corrected chi connectivity index (χ2v) is 8.52. The van der Waals surface area contributed by atoms with Crippen molar-refractivity contribution >= 4 is 34.1 Å². The Morgan fingerprint density at radius 2 is 1.90 bits per heavy atom. The van der Waals surface area contributed by atoms with E-state index in [1.165, 1.54) is 32.7 Å². The smallest absolute Gasteiger partial charge is 0.278 e. The number of fused-ring (bicyclic) bond motifs is 3. The number of nitrogens with one attached hydrogen (secondary N) is 2. The molecule has 2 aliphatic rings. The van der Waals surface area contributed by atoms with Gasteiger partial charge in [-0.05, 0) is 24.3 Å². The van der Waals surface area contributed by atoms with Gasteiger partial charge in [0.25, 0.3) is 5.91 Å². The number of aromatic nitrogens is 1. The first-order valence-corrected chi connectivity index (χ1v) is 10.8. The highest BCUT2D eigenvalue weighted by Crippen LogP contribution is 2.27. The number of benzene rings is 2. The summed E-state index contributed by atoms with van der Waals surface area (Å²) in [4.78, 5) is 22.3. The van der Waals surface area contributed by atoms with Gasteiger partial charge in [-0.3, -0.25) is 4.79 Å². The molecule has 0 aliphatic carbocycles. The third-order valence-corrected chi connectivity index (χ3v) is 6.52. The molecule has 1 aromatic heterocycles. The van der Waals surface area contributed by atoms with Gasteiger partial charge in [-0.2, -0.15) is 0 Å². The molecule has 2 aromatic carbocycles. The Bertz CT molecular complexity index is 1040. The molecule has 1 amide bonds. The summed E-state index contributed by atoms with van der Waals surface area (Å²) in [7, 11) is 0. The summed E-state index contributed by atoms with van der Waals surface area (Å²) in [6.07, 6.45) is 0.910. The summed E-state index contributed by atoms with van der Waals surface area (Å²) in [5, 5.41) is 2.02. The lowest BCUT2D eigenvalue weighted by Gasteiger charge is -2.35. The van der Waals surface area contributed by atoms with Gasteiger partial charge in [0, 0.05) is 52.4 Å². The molecule has 3 heterocycles. The van der Waals surface area contributed by atoms with Crippen LogP contribution < -0.4 is 9.80 Å². The van der Waals surface area contributed by atoms with E-state index in [0.29, 0.717) is 6.54 Å². The Labute approximate surface area is 175 Å². The topological polar surface area (TPSA) is 43.8 Å². The number of H-pyrrole nitrogens is 1. The minimum atomic E-state index is 0.270. The number of amides is 1. The highest BCUT2D eigenvalue weighted by Gasteiger charge is 2.28. The maximum absolute atomic E-state index is 13.0. The van der Waals surface area contributed by atoms with Gasteiger partial charge in [-0.1, -0.05) is 35.9 Å². The highest BCUT2D eigenvalue weighted by atomic mass is 35.5. The van der Waals surface area contributed by atoms with Gasteiger partial charge >= 0.3 is 0 Å². The normalized spacial score (nSPS) is 17.6. The third-order valence-electron chi connectivity index (χ3n) is 6.28. The molecule has 3 aromatic rings. The molecule has 1 saturated heterocycles. The van der Waals surface area contributed by atoms with Gasteiger partial charge in [0.1, 0.15) is 0 Å². The van der Waals surface area contributed by atoms with Crippen LogP contribution in [0.25, 0.3) is 10.9 Å². The van der Waals surface area contributed by atoms with Crippen LogP contribution in [0.3, 0.4) is 0 Å². The summed E-state index contributed by atoms with van der Waals surface area (Å²) in [6.45, 7) is 5.97. The number of para-hydroxylation sites is 1. The molecule has 0 saturated carbocycles. The quantitative estimate of drug-likeness (QED) is 0.696. The van der Waals surface area contributed by atoms with Crippen LogP contribution in [0.5, 0.6) is 0 Å². The van der Waals surface area contributed by atoms with Gasteiger partial charge in [0.2, 0.25) is 0 Å². The maximum atomic E-state index is 13.0. The number of aromatic amines is 1. The van der Waals surface area contributed by atoms with Crippen molar-refractivity contribution in [3.05, 3.63) is 64.8 Å². The zero-order chi connectivity index (χ0) is 19.8. The zero-order valence-corrected chi connectivity index (χ0v) is 17.2. The van der Waals surface area contributed by atoms with Crippen molar-refractivity contribution in [1.29, 1.82) is 0 Å². The van der Waals surface area contributed by atoms with Crippen LogP contribution in [-0.4, -0.2) is 55.1 Å². The van der Waals surface area contributed by atoms with Crippen molar-refractivity contribution in [3.8, 4) is 0 Å². The molecule has 1 fully saturated rings. The number of nitrogens with zero attached hydrogens (tertiary/aromatic N) is 2. The van der Waals surface area contributed by atoms with Crippen molar-refractivity contribution in [2.24, 2.45) is 0 Å². The monoisotopic (exact) mass is 409 g/mol. The Morgan fingerprint density at radius 3 is 2.72 bits per heavy atom. The number of hydrogen-bond donors (Lipinski definition) is 2. The third kappa shape index (κ3) is 3.72. The lowest BCUT2D eigenvalue weighted by Crippen LogP contribution is -3.15. The van der Waals surface area contributed by atoms with Crippen molar-refractivity contribution < 1.29 is 9.69 Å². The van der Waals surface area contributed by atoms with Gasteiger partial charge in [-0.25, -0.2) is 0 Å². The fraction of sp³-hybridized carbons (Fsp3) is 0.348. The molecule has 150 valence electrons. The Morgan fingerprint density at radius 1 is 1.07 bits per heavy atom. The Balaban J connectivity index is 1.20. The minimum Gasteiger partial charge on any atom is -0.360 e. The molecule has 2 N–H and O–H groups in total. The first kappa shape index (κ1) is 18.5. The molecule has 2 aliphatic heterocycles.